The van der Waals surface area contributed by atoms with Crippen LogP contribution in [0, 0.1) is 13.8 Å². The number of carboxylic acids is 1. The number of azo groups is 1. The molecular formula is C18H16N4O9S2. The van der Waals surface area contributed by atoms with Crippen molar-refractivity contribution in [3.8, 4) is 11.6 Å². The van der Waals surface area contributed by atoms with Gasteiger partial charge in [-0.3, -0.25) is 9.11 Å². The van der Waals surface area contributed by atoms with Crippen LogP contribution in [0.4, 0.5) is 11.4 Å². The highest BCUT2D eigenvalue weighted by atomic mass is 32.2. The van der Waals surface area contributed by atoms with Gasteiger partial charge < -0.3 is 10.2 Å². The molecule has 0 fully saturated rings. The molecule has 3 aromatic rings. The van der Waals surface area contributed by atoms with Gasteiger partial charge in [0.05, 0.1) is 26.7 Å². The monoisotopic (exact) mass is 496 g/mol. The Hall–Kier alpha value is -3.66. The number of aryl methyl sites for hydroxylation is 2. The van der Waals surface area contributed by atoms with Gasteiger partial charge in [-0.1, -0.05) is 0 Å². The molecule has 1 aromatic heterocycles. The minimum atomic E-state index is -4.64. The predicted octanol–water partition coefficient (Wildman–Crippen LogP) is 2.80. The molecule has 0 saturated heterocycles. The van der Waals surface area contributed by atoms with E-state index < -0.39 is 48.2 Å². The van der Waals surface area contributed by atoms with Crippen molar-refractivity contribution < 1.29 is 40.9 Å². The fourth-order valence-corrected chi connectivity index (χ4v) is 3.92. The van der Waals surface area contributed by atoms with Crippen LogP contribution in [0.2, 0.25) is 0 Å². The first-order valence-electron chi connectivity index (χ1n) is 8.84. The quantitative estimate of drug-likeness (QED) is 0.289. The first-order valence-corrected chi connectivity index (χ1v) is 11.7. The summed E-state index contributed by atoms with van der Waals surface area (Å²) in [4.78, 5) is 10.5. The summed E-state index contributed by atoms with van der Waals surface area (Å²) in [6, 6.07) is 6.19. The van der Waals surface area contributed by atoms with Gasteiger partial charge in [-0.05, 0) is 55.8 Å². The Kier molecular flexibility index (Phi) is 6.08. The molecule has 0 saturated carbocycles. The number of hydrogen-bond donors (Lipinski definition) is 4. The van der Waals surface area contributed by atoms with E-state index in [4.69, 9.17) is 4.55 Å². The lowest BCUT2D eigenvalue weighted by molar-refractivity contribution is 0.0697. The third kappa shape index (κ3) is 4.90. The summed E-state index contributed by atoms with van der Waals surface area (Å²) < 4.78 is 64.7. The van der Waals surface area contributed by atoms with Crippen LogP contribution >= 0.6 is 0 Å². The minimum Gasteiger partial charge on any atom is -0.492 e. The molecule has 0 amide bonds. The highest BCUT2D eigenvalue weighted by Gasteiger charge is 2.20. The molecule has 0 radical (unpaired) electrons. The second-order valence-electron chi connectivity index (χ2n) is 6.75. The number of benzene rings is 2. The summed E-state index contributed by atoms with van der Waals surface area (Å²) in [7, 11) is -9.07. The van der Waals surface area contributed by atoms with Gasteiger partial charge in [-0.2, -0.15) is 26.6 Å². The molecule has 33 heavy (non-hydrogen) atoms. The van der Waals surface area contributed by atoms with E-state index in [2.05, 4.69) is 15.3 Å². The highest BCUT2D eigenvalue weighted by molar-refractivity contribution is 7.86. The largest absolute Gasteiger partial charge is 0.492 e. The van der Waals surface area contributed by atoms with Gasteiger partial charge in [-0.15, -0.1) is 10.2 Å². The molecular weight excluding hydrogens is 480 g/mol. The van der Waals surface area contributed by atoms with Crippen LogP contribution in [-0.4, -0.2) is 51.9 Å². The Bertz CT molecular complexity index is 1520. The Labute approximate surface area is 187 Å². The number of aromatic carboxylic acids is 1. The van der Waals surface area contributed by atoms with Crippen molar-refractivity contribution in [2.45, 2.75) is 23.6 Å². The van der Waals surface area contributed by atoms with E-state index in [0.717, 1.165) is 28.9 Å². The van der Waals surface area contributed by atoms with Gasteiger partial charge in [0.1, 0.15) is 5.69 Å². The summed E-state index contributed by atoms with van der Waals surface area (Å²) in [5, 5.41) is 31.5. The molecule has 0 aliphatic rings. The average Bonchev–Trinajstić information content (AvgIpc) is 2.98. The lowest BCUT2D eigenvalue weighted by atomic mass is 10.2. The van der Waals surface area contributed by atoms with Crippen molar-refractivity contribution in [2.75, 3.05) is 0 Å². The molecule has 174 valence electrons. The Balaban J connectivity index is 2.09. The summed E-state index contributed by atoms with van der Waals surface area (Å²) >= 11 is 0. The minimum absolute atomic E-state index is 0.150. The molecule has 0 spiro atoms. The van der Waals surface area contributed by atoms with Gasteiger partial charge >= 0.3 is 5.97 Å². The average molecular weight is 496 g/mol. The molecule has 3 rings (SSSR count). The maximum Gasteiger partial charge on any atom is 0.337 e. The second-order valence-corrected chi connectivity index (χ2v) is 9.60. The molecule has 15 heteroatoms. The smallest absolute Gasteiger partial charge is 0.337 e. The van der Waals surface area contributed by atoms with Gasteiger partial charge in [0.15, 0.2) is 5.69 Å². The highest BCUT2D eigenvalue weighted by Crippen LogP contribution is 2.35. The Morgan fingerprint density at radius 3 is 2.06 bits per heavy atom. The van der Waals surface area contributed by atoms with Gasteiger partial charge in [0, 0.05) is 0 Å². The zero-order chi connectivity index (χ0) is 24.7. The molecule has 0 unspecified atom stereocenters. The summed E-state index contributed by atoms with van der Waals surface area (Å²) in [6.07, 6.45) is 0. The molecule has 1 heterocycles. The fourth-order valence-electron chi connectivity index (χ4n) is 2.86. The van der Waals surface area contributed by atoms with Crippen molar-refractivity contribution in [2.24, 2.45) is 10.2 Å². The summed E-state index contributed by atoms with van der Waals surface area (Å²) in [6.45, 7) is 2.97. The van der Waals surface area contributed by atoms with Gasteiger partial charge in [-0.25, -0.2) is 4.79 Å². The standard InChI is InChI=1S/C18H16N4O9S2/c1-9-7-11(32(26,27)28)4-6-15(9)22-17(23)16(10(2)21-22)20-19-14-8-12(33(29,30)31)3-5-13(14)18(24)25/h3-8,23H,1-2H3,(H,24,25)(H,26,27,28)(H,29,30,31)/b20-19+. The number of hydrogen-bond acceptors (Lipinski definition) is 9. The number of aromatic nitrogens is 2. The third-order valence-corrected chi connectivity index (χ3v) is 6.15. The topological polar surface area (TPSA) is 209 Å². The number of nitrogens with zero attached hydrogens (tertiary/aromatic N) is 4. The zero-order valence-electron chi connectivity index (χ0n) is 16.9. The van der Waals surface area contributed by atoms with Gasteiger partial charge in [0.2, 0.25) is 5.88 Å². The Morgan fingerprint density at radius 1 is 0.939 bits per heavy atom. The van der Waals surface area contributed by atoms with Crippen LogP contribution in [0.3, 0.4) is 0 Å². The van der Waals surface area contributed by atoms with E-state index in [1.807, 2.05) is 0 Å². The van der Waals surface area contributed by atoms with Crippen LogP contribution in [-0.2, 0) is 20.2 Å². The summed E-state index contributed by atoms with van der Waals surface area (Å²) in [5.74, 6) is -1.96. The van der Waals surface area contributed by atoms with Crippen LogP contribution in [0.25, 0.3) is 5.69 Å². The summed E-state index contributed by atoms with van der Waals surface area (Å²) in [5.41, 5.74) is -0.256. The lowest BCUT2D eigenvalue weighted by Crippen LogP contribution is -2.03. The molecule has 0 aliphatic heterocycles. The normalized spacial score (nSPS) is 12.4. The van der Waals surface area contributed by atoms with E-state index in [-0.39, 0.29) is 22.0 Å². The van der Waals surface area contributed by atoms with Crippen molar-refractivity contribution in [1.82, 2.24) is 9.78 Å². The van der Waals surface area contributed by atoms with Crippen LogP contribution in [0.5, 0.6) is 5.88 Å². The maximum atomic E-state index is 11.4. The second kappa shape index (κ2) is 8.36. The van der Waals surface area contributed by atoms with Crippen molar-refractivity contribution >= 4 is 37.6 Å². The lowest BCUT2D eigenvalue weighted by Gasteiger charge is -2.08. The fraction of sp³-hybridized carbons (Fsp3) is 0.111. The van der Waals surface area contributed by atoms with Crippen LogP contribution in [0.1, 0.15) is 21.6 Å². The first-order chi connectivity index (χ1) is 15.2. The molecule has 4 N–H and O–H groups in total. The number of carbonyl (C=O) groups is 1. The van der Waals surface area contributed by atoms with E-state index >= 15 is 0 Å². The van der Waals surface area contributed by atoms with Gasteiger partial charge in [0.25, 0.3) is 20.2 Å². The van der Waals surface area contributed by atoms with Crippen molar-refractivity contribution in [1.29, 1.82) is 0 Å². The van der Waals surface area contributed by atoms with Crippen LogP contribution < -0.4 is 0 Å². The SMILES string of the molecule is Cc1cc(S(=O)(=O)O)ccc1-n1nc(C)c(/N=N/c2cc(S(=O)(=O)O)ccc2C(=O)O)c1O. The molecule has 0 bridgehead atoms. The van der Waals surface area contributed by atoms with Crippen LogP contribution in [0.15, 0.2) is 56.4 Å². The zero-order valence-corrected chi connectivity index (χ0v) is 18.5. The molecule has 0 aliphatic carbocycles. The Morgan fingerprint density at radius 2 is 1.52 bits per heavy atom. The van der Waals surface area contributed by atoms with E-state index in [9.17, 15) is 36.4 Å². The number of carboxylic acid groups (broad SMARTS) is 1. The maximum absolute atomic E-state index is 11.4. The third-order valence-electron chi connectivity index (χ3n) is 4.45. The molecule has 0 atom stereocenters. The number of aromatic hydroxyl groups is 1. The molecule has 13 nitrogen and oxygen atoms in total. The molecule has 2 aromatic carbocycles. The van der Waals surface area contributed by atoms with Crippen molar-refractivity contribution in [3.05, 3.63) is 53.2 Å². The van der Waals surface area contributed by atoms with E-state index in [0.29, 0.717) is 5.56 Å². The van der Waals surface area contributed by atoms with Crippen molar-refractivity contribution in [3.63, 3.8) is 0 Å². The predicted molar refractivity (Wildman–Crippen MR) is 112 cm³/mol. The van der Waals surface area contributed by atoms with E-state index in [1.54, 1.807) is 0 Å². The number of rotatable bonds is 6. The van der Waals surface area contributed by atoms with E-state index in [1.165, 1.54) is 26.0 Å². The first kappa shape index (κ1) is 24.0.